The van der Waals surface area contributed by atoms with Gasteiger partial charge in [-0.05, 0) is 36.4 Å². The van der Waals surface area contributed by atoms with Crippen molar-refractivity contribution in [2.24, 2.45) is 0 Å². The number of ether oxygens (including phenoxy) is 1. The summed E-state index contributed by atoms with van der Waals surface area (Å²) in [5, 5.41) is 5.77. The van der Waals surface area contributed by atoms with E-state index in [1.165, 1.54) is 0 Å². The number of para-hydroxylation sites is 1. The van der Waals surface area contributed by atoms with Crippen molar-refractivity contribution in [3.63, 3.8) is 0 Å². The van der Waals surface area contributed by atoms with Gasteiger partial charge < -0.3 is 14.5 Å². The number of fused-ring (bicyclic) bond motifs is 1. The van der Waals surface area contributed by atoms with Gasteiger partial charge in [0.05, 0.1) is 19.2 Å². The Kier molecular flexibility index (Phi) is 5.39. The third-order valence-corrected chi connectivity index (χ3v) is 5.50. The number of hydrogen-bond donors (Lipinski definition) is 0. The van der Waals surface area contributed by atoms with Crippen molar-refractivity contribution in [2.75, 3.05) is 38.2 Å². The maximum atomic E-state index is 12.7. The molecular weight excluding hydrogens is 376 g/mol. The molecule has 2 aromatic carbocycles. The molecule has 2 heterocycles. The van der Waals surface area contributed by atoms with Gasteiger partial charge in [-0.2, -0.15) is 5.10 Å². The van der Waals surface area contributed by atoms with E-state index in [-0.39, 0.29) is 5.91 Å². The number of rotatable bonds is 5. The zero-order valence-electron chi connectivity index (χ0n) is 15.8. The number of nitrogens with zero attached hydrogens (tertiary/aromatic N) is 4. The molecule has 1 saturated heterocycles. The van der Waals surface area contributed by atoms with Gasteiger partial charge in [-0.25, -0.2) is 0 Å². The molecule has 0 bridgehead atoms. The van der Waals surface area contributed by atoms with Crippen molar-refractivity contribution in [3.05, 3.63) is 53.7 Å². The summed E-state index contributed by atoms with van der Waals surface area (Å²) < 4.78 is 7.03. The third kappa shape index (κ3) is 3.78. The Morgan fingerprint density at radius 1 is 1.07 bits per heavy atom. The second-order valence-electron chi connectivity index (χ2n) is 6.85. The highest BCUT2D eigenvalue weighted by Crippen LogP contribution is 2.23. The van der Waals surface area contributed by atoms with Gasteiger partial charge in [0.25, 0.3) is 0 Å². The molecule has 0 N–H and O–H groups in total. The zero-order chi connectivity index (χ0) is 19.5. The highest BCUT2D eigenvalue weighted by molar-refractivity contribution is 6.34. The molecule has 0 spiro atoms. The maximum absolute atomic E-state index is 12.7. The van der Waals surface area contributed by atoms with Gasteiger partial charge in [0.1, 0.15) is 5.75 Å². The summed E-state index contributed by atoms with van der Waals surface area (Å²) in [6.07, 6.45) is 0.421. The Hall–Kier alpha value is -2.73. The van der Waals surface area contributed by atoms with Crippen LogP contribution in [0.1, 0.15) is 6.42 Å². The molecule has 3 aromatic rings. The average Bonchev–Trinajstić information content (AvgIpc) is 3.08. The maximum Gasteiger partial charge on any atom is 0.224 e. The van der Waals surface area contributed by atoms with E-state index in [0.29, 0.717) is 18.1 Å². The molecule has 1 aliphatic rings. The highest BCUT2D eigenvalue weighted by Gasteiger charge is 2.21. The van der Waals surface area contributed by atoms with Crippen LogP contribution in [-0.4, -0.2) is 53.9 Å². The monoisotopic (exact) mass is 398 g/mol. The Morgan fingerprint density at radius 2 is 1.79 bits per heavy atom. The SMILES string of the molecule is COc1ccc(N2CCN(C(=O)CCn3nc(Cl)c4ccccc43)CC2)cc1. The van der Waals surface area contributed by atoms with Crippen LogP contribution in [0.3, 0.4) is 0 Å². The number of methoxy groups -OCH3 is 1. The lowest BCUT2D eigenvalue weighted by atomic mass is 10.2. The van der Waals surface area contributed by atoms with Crippen molar-refractivity contribution >= 4 is 34.1 Å². The van der Waals surface area contributed by atoms with E-state index in [4.69, 9.17) is 16.3 Å². The predicted molar refractivity (Wildman–Crippen MR) is 111 cm³/mol. The lowest BCUT2D eigenvalue weighted by Gasteiger charge is -2.36. The van der Waals surface area contributed by atoms with E-state index in [2.05, 4.69) is 22.1 Å². The fraction of sp³-hybridized carbons (Fsp3) is 0.333. The van der Waals surface area contributed by atoms with E-state index in [1.54, 1.807) is 7.11 Å². The molecule has 0 unspecified atom stereocenters. The van der Waals surface area contributed by atoms with Crippen LogP contribution in [0, 0.1) is 0 Å². The minimum atomic E-state index is 0.157. The smallest absolute Gasteiger partial charge is 0.224 e. The van der Waals surface area contributed by atoms with Crippen LogP contribution >= 0.6 is 11.6 Å². The van der Waals surface area contributed by atoms with Crippen LogP contribution in [0.15, 0.2) is 48.5 Å². The molecule has 28 heavy (non-hydrogen) atoms. The number of carbonyl (C=O) groups excluding carboxylic acids is 1. The van der Waals surface area contributed by atoms with E-state index < -0.39 is 0 Å². The minimum absolute atomic E-state index is 0.157. The first-order valence-electron chi connectivity index (χ1n) is 9.43. The lowest BCUT2D eigenvalue weighted by molar-refractivity contribution is -0.131. The molecule has 6 nitrogen and oxygen atoms in total. The average molecular weight is 399 g/mol. The molecule has 0 radical (unpaired) electrons. The fourth-order valence-electron chi connectivity index (χ4n) is 3.62. The van der Waals surface area contributed by atoms with Gasteiger partial charge in [-0.15, -0.1) is 0 Å². The molecule has 1 amide bonds. The Bertz CT molecular complexity index is 962. The van der Waals surface area contributed by atoms with Gasteiger partial charge in [-0.3, -0.25) is 9.48 Å². The van der Waals surface area contributed by atoms with Crippen molar-refractivity contribution in [1.82, 2.24) is 14.7 Å². The number of aryl methyl sites for hydroxylation is 1. The van der Waals surface area contributed by atoms with Crippen LogP contribution in [0.4, 0.5) is 5.69 Å². The van der Waals surface area contributed by atoms with Gasteiger partial charge in [0.2, 0.25) is 5.91 Å². The summed E-state index contributed by atoms with van der Waals surface area (Å²) >= 11 is 6.19. The lowest BCUT2D eigenvalue weighted by Crippen LogP contribution is -2.49. The van der Waals surface area contributed by atoms with Crippen molar-refractivity contribution in [3.8, 4) is 5.75 Å². The van der Waals surface area contributed by atoms with Crippen LogP contribution in [0.5, 0.6) is 5.75 Å². The summed E-state index contributed by atoms with van der Waals surface area (Å²) in [5.74, 6) is 1.01. The standard InChI is InChI=1S/C21H23ClN4O2/c1-28-17-8-6-16(7-9-17)24-12-14-25(15-13-24)20(27)10-11-26-19-5-3-2-4-18(19)21(22)23-26/h2-9H,10-15H2,1H3. The summed E-state index contributed by atoms with van der Waals surface area (Å²) in [4.78, 5) is 16.9. The van der Waals surface area contributed by atoms with E-state index in [9.17, 15) is 4.79 Å². The molecule has 1 aliphatic heterocycles. The summed E-state index contributed by atoms with van der Waals surface area (Å²) in [5.41, 5.74) is 2.12. The van der Waals surface area contributed by atoms with E-state index in [0.717, 1.165) is 48.5 Å². The van der Waals surface area contributed by atoms with Crippen molar-refractivity contribution < 1.29 is 9.53 Å². The third-order valence-electron chi connectivity index (χ3n) is 5.22. The molecule has 1 fully saturated rings. The summed E-state index contributed by atoms with van der Waals surface area (Å²) in [7, 11) is 1.67. The Balaban J connectivity index is 1.32. The number of piperazine rings is 1. The first-order chi connectivity index (χ1) is 13.7. The van der Waals surface area contributed by atoms with Gasteiger partial charge in [0, 0.05) is 43.7 Å². The Morgan fingerprint density at radius 3 is 2.50 bits per heavy atom. The molecule has 7 heteroatoms. The van der Waals surface area contributed by atoms with Crippen molar-refractivity contribution in [2.45, 2.75) is 13.0 Å². The zero-order valence-corrected chi connectivity index (χ0v) is 16.6. The second-order valence-corrected chi connectivity index (χ2v) is 7.20. The van der Waals surface area contributed by atoms with Gasteiger partial charge in [-0.1, -0.05) is 23.7 Å². The van der Waals surface area contributed by atoms with Gasteiger partial charge in [0.15, 0.2) is 5.15 Å². The largest absolute Gasteiger partial charge is 0.497 e. The van der Waals surface area contributed by atoms with Crippen LogP contribution in [-0.2, 0) is 11.3 Å². The van der Waals surface area contributed by atoms with Crippen LogP contribution in [0.25, 0.3) is 10.9 Å². The number of benzene rings is 2. The van der Waals surface area contributed by atoms with Crippen molar-refractivity contribution in [1.29, 1.82) is 0 Å². The predicted octanol–water partition coefficient (Wildman–Crippen LogP) is 3.44. The van der Waals surface area contributed by atoms with E-state index in [1.807, 2.05) is 46.0 Å². The molecule has 146 valence electrons. The quantitative estimate of drug-likeness (QED) is 0.660. The summed E-state index contributed by atoms with van der Waals surface area (Å²) in [6, 6.07) is 15.9. The van der Waals surface area contributed by atoms with Crippen LogP contribution < -0.4 is 9.64 Å². The number of halogens is 1. The highest BCUT2D eigenvalue weighted by atomic mass is 35.5. The molecule has 0 atom stereocenters. The first kappa shape index (κ1) is 18.6. The van der Waals surface area contributed by atoms with E-state index >= 15 is 0 Å². The van der Waals surface area contributed by atoms with Gasteiger partial charge >= 0.3 is 0 Å². The number of amides is 1. The molecule has 0 aliphatic carbocycles. The number of aromatic nitrogens is 2. The second kappa shape index (κ2) is 8.10. The first-order valence-corrected chi connectivity index (χ1v) is 9.81. The molecular formula is C21H23ClN4O2. The topological polar surface area (TPSA) is 50.6 Å². The molecule has 4 rings (SSSR count). The molecule has 0 saturated carbocycles. The number of anilines is 1. The fourth-order valence-corrected chi connectivity index (χ4v) is 3.88. The normalized spacial score (nSPS) is 14.5. The summed E-state index contributed by atoms with van der Waals surface area (Å²) in [6.45, 7) is 3.64. The van der Waals surface area contributed by atoms with Crippen LogP contribution in [0.2, 0.25) is 5.15 Å². The number of carbonyl (C=O) groups is 1. The molecule has 1 aromatic heterocycles. The minimum Gasteiger partial charge on any atom is -0.497 e. The number of hydrogen-bond acceptors (Lipinski definition) is 4. The Labute approximate surface area is 169 Å².